The molecule has 0 radical (unpaired) electrons. The molecule has 6 nitrogen and oxygen atoms in total. The maximum atomic E-state index is 11.7. The van der Waals surface area contributed by atoms with Crippen LogP contribution in [0.5, 0.6) is 0 Å². The minimum absolute atomic E-state index is 0.0204. The lowest BCUT2D eigenvalue weighted by molar-refractivity contribution is -0.147. The summed E-state index contributed by atoms with van der Waals surface area (Å²) in [7, 11) is 0. The van der Waals surface area contributed by atoms with E-state index in [0.717, 1.165) is 12.8 Å². The molecule has 118 valence electrons. The Bertz CT molecular complexity index is 313. The van der Waals surface area contributed by atoms with Gasteiger partial charge in [-0.05, 0) is 30.7 Å². The van der Waals surface area contributed by atoms with Gasteiger partial charge in [0.15, 0.2) is 6.10 Å². The SMILES string of the molecule is CC(C)(C)C(CCN)CCC(=O)NCC[C@H](O)C(=O)O. The van der Waals surface area contributed by atoms with Crippen molar-refractivity contribution in [3.63, 3.8) is 0 Å². The number of carboxylic acids is 1. The molecular weight excluding hydrogens is 260 g/mol. The summed E-state index contributed by atoms with van der Waals surface area (Å²) in [5, 5.41) is 20.2. The van der Waals surface area contributed by atoms with E-state index < -0.39 is 12.1 Å². The topological polar surface area (TPSA) is 113 Å². The third-order valence-electron chi connectivity index (χ3n) is 3.48. The van der Waals surface area contributed by atoms with Crippen molar-refractivity contribution >= 4 is 11.9 Å². The molecule has 0 rings (SSSR count). The van der Waals surface area contributed by atoms with Crippen LogP contribution >= 0.6 is 0 Å². The van der Waals surface area contributed by atoms with Crippen molar-refractivity contribution < 1.29 is 19.8 Å². The number of aliphatic hydroxyl groups is 1. The van der Waals surface area contributed by atoms with Crippen LogP contribution in [0.2, 0.25) is 0 Å². The van der Waals surface area contributed by atoms with E-state index in [-0.39, 0.29) is 24.3 Å². The molecule has 0 aliphatic heterocycles. The number of amides is 1. The van der Waals surface area contributed by atoms with Crippen LogP contribution in [0.4, 0.5) is 0 Å². The summed E-state index contributed by atoms with van der Waals surface area (Å²) in [5.74, 6) is -1.01. The van der Waals surface area contributed by atoms with Crippen molar-refractivity contribution in [1.29, 1.82) is 0 Å². The van der Waals surface area contributed by atoms with Gasteiger partial charge in [0.25, 0.3) is 0 Å². The first-order valence-electron chi connectivity index (χ1n) is 7.06. The van der Waals surface area contributed by atoms with E-state index in [0.29, 0.717) is 18.9 Å². The molecule has 0 saturated carbocycles. The van der Waals surface area contributed by atoms with Crippen molar-refractivity contribution in [3.8, 4) is 0 Å². The number of nitrogens with one attached hydrogen (secondary N) is 1. The first kappa shape index (κ1) is 18.9. The lowest BCUT2D eigenvalue weighted by Crippen LogP contribution is -2.31. The predicted molar refractivity (Wildman–Crippen MR) is 77.1 cm³/mol. The number of hydrogen-bond acceptors (Lipinski definition) is 4. The molecule has 0 saturated heterocycles. The molecule has 1 unspecified atom stereocenters. The molecule has 0 fully saturated rings. The van der Waals surface area contributed by atoms with Gasteiger partial charge in [-0.15, -0.1) is 0 Å². The monoisotopic (exact) mass is 288 g/mol. The fourth-order valence-electron chi connectivity index (χ4n) is 2.08. The van der Waals surface area contributed by atoms with Gasteiger partial charge in [0, 0.05) is 19.4 Å². The summed E-state index contributed by atoms with van der Waals surface area (Å²) >= 11 is 0. The minimum atomic E-state index is -1.42. The van der Waals surface area contributed by atoms with E-state index in [2.05, 4.69) is 26.1 Å². The van der Waals surface area contributed by atoms with Gasteiger partial charge in [-0.1, -0.05) is 20.8 Å². The zero-order valence-electron chi connectivity index (χ0n) is 12.7. The number of rotatable bonds is 9. The second kappa shape index (κ2) is 8.92. The Morgan fingerprint density at radius 1 is 1.20 bits per heavy atom. The van der Waals surface area contributed by atoms with E-state index in [1.807, 2.05) is 0 Å². The van der Waals surface area contributed by atoms with Crippen molar-refractivity contribution in [1.82, 2.24) is 5.32 Å². The number of carbonyl (C=O) groups is 2. The summed E-state index contributed by atoms with van der Waals surface area (Å²) in [6, 6.07) is 0. The van der Waals surface area contributed by atoms with Crippen LogP contribution in [0.3, 0.4) is 0 Å². The zero-order valence-corrected chi connectivity index (χ0v) is 12.7. The Balaban J connectivity index is 3.99. The molecule has 20 heavy (non-hydrogen) atoms. The van der Waals surface area contributed by atoms with Gasteiger partial charge in [0.2, 0.25) is 5.91 Å². The lowest BCUT2D eigenvalue weighted by atomic mass is 9.76. The molecule has 0 aromatic heterocycles. The van der Waals surface area contributed by atoms with E-state index in [1.165, 1.54) is 0 Å². The maximum Gasteiger partial charge on any atom is 0.332 e. The minimum Gasteiger partial charge on any atom is -0.479 e. The van der Waals surface area contributed by atoms with Crippen molar-refractivity contribution in [2.24, 2.45) is 17.1 Å². The maximum absolute atomic E-state index is 11.7. The van der Waals surface area contributed by atoms with Crippen LogP contribution in [0.15, 0.2) is 0 Å². The van der Waals surface area contributed by atoms with E-state index in [1.54, 1.807) is 0 Å². The number of aliphatic hydroxyl groups excluding tert-OH is 1. The molecular formula is C14H28N2O4. The highest BCUT2D eigenvalue weighted by molar-refractivity contribution is 5.76. The third-order valence-corrected chi connectivity index (χ3v) is 3.48. The van der Waals surface area contributed by atoms with Gasteiger partial charge in [-0.2, -0.15) is 0 Å². The number of aliphatic carboxylic acids is 1. The highest BCUT2D eigenvalue weighted by Crippen LogP contribution is 2.31. The van der Waals surface area contributed by atoms with Crippen molar-refractivity contribution in [3.05, 3.63) is 0 Å². The largest absolute Gasteiger partial charge is 0.479 e. The predicted octanol–water partition coefficient (Wildman–Crippen LogP) is 0.730. The molecule has 0 aliphatic carbocycles. The number of nitrogens with two attached hydrogens (primary N) is 1. The summed E-state index contributed by atoms with van der Waals surface area (Å²) < 4.78 is 0. The number of carboxylic acid groups (broad SMARTS) is 1. The summed E-state index contributed by atoms with van der Waals surface area (Å²) in [4.78, 5) is 22.1. The Morgan fingerprint density at radius 3 is 2.25 bits per heavy atom. The van der Waals surface area contributed by atoms with Gasteiger partial charge in [0.1, 0.15) is 0 Å². The van der Waals surface area contributed by atoms with Crippen molar-refractivity contribution in [2.75, 3.05) is 13.1 Å². The van der Waals surface area contributed by atoms with Crippen LogP contribution in [-0.4, -0.2) is 41.3 Å². The van der Waals surface area contributed by atoms with E-state index >= 15 is 0 Å². The summed E-state index contributed by atoms with van der Waals surface area (Å²) in [6.45, 7) is 7.18. The molecule has 2 atom stereocenters. The Hall–Kier alpha value is -1.14. The quantitative estimate of drug-likeness (QED) is 0.499. The molecule has 0 aromatic carbocycles. The van der Waals surface area contributed by atoms with Gasteiger partial charge < -0.3 is 21.3 Å². The molecule has 1 amide bonds. The lowest BCUT2D eigenvalue weighted by Gasteiger charge is -2.30. The Morgan fingerprint density at radius 2 is 1.80 bits per heavy atom. The molecule has 0 heterocycles. The van der Waals surface area contributed by atoms with Crippen LogP contribution in [0, 0.1) is 11.3 Å². The second-order valence-electron chi connectivity index (χ2n) is 6.17. The van der Waals surface area contributed by atoms with Gasteiger partial charge >= 0.3 is 5.97 Å². The van der Waals surface area contributed by atoms with Crippen LogP contribution in [0.25, 0.3) is 0 Å². The van der Waals surface area contributed by atoms with Crippen LogP contribution < -0.4 is 11.1 Å². The standard InChI is InChI=1S/C14H28N2O4/c1-14(2,3)10(6-8-15)4-5-12(18)16-9-7-11(17)13(19)20/h10-11,17H,4-9,15H2,1-3H3,(H,16,18)(H,19,20)/t10?,11-/m0/s1. The fourth-order valence-corrected chi connectivity index (χ4v) is 2.08. The second-order valence-corrected chi connectivity index (χ2v) is 6.17. The first-order valence-corrected chi connectivity index (χ1v) is 7.06. The molecule has 0 bridgehead atoms. The molecule has 0 aliphatic rings. The van der Waals surface area contributed by atoms with E-state index in [4.69, 9.17) is 15.9 Å². The average Bonchev–Trinajstić information content (AvgIpc) is 2.32. The average molecular weight is 288 g/mol. The number of hydrogen-bond donors (Lipinski definition) is 4. The smallest absolute Gasteiger partial charge is 0.332 e. The summed E-state index contributed by atoms with van der Waals surface area (Å²) in [6.07, 6.45) is 0.634. The molecule has 5 N–H and O–H groups in total. The van der Waals surface area contributed by atoms with Crippen LogP contribution in [0.1, 0.15) is 46.5 Å². The van der Waals surface area contributed by atoms with Crippen LogP contribution in [-0.2, 0) is 9.59 Å². The summed E-state index contributed by atoms with van der Waals surface area (Å²) in [5.41, 5.74) is 5.70. The zero-order chi connectivity index (χ0) is 15.8. The van der Waals surface area contributed by atoms with Gasteiger partial charge in [-0.3, -0.25) is 4.79 Å². The van der Waals surface area contributed by atoms with Gasteiger partial charge in [-0.25, -0.2) is 4.79 Å². The van der Waals surface area contributed by atoms with Crippen molar-refractivity contribution in [2.45, 2.75) is 52.6 Å². The third kappa shape index (κ3) is 8.12. The van der Waals surface area contributed by atoms with E-state index in [9.17, 15) is 9.59 Å². The Kier molecular flexibility index (Phi) is 8.41. The fraction of sp³-hybridized carbons (Fsp3) is 0.857. The normalized spacial score (nSPS) is 14.7. The Labute approximate surface area is 120 Å². The van der Waals surface area contributed by atoms with Gasteiger partial charge in [0.05, 0.1) is 0 Å². The molecule has 6 heteroatoms. The highest BCUT2D eigenvalue weighted by Gasteiger charge is 2.24. The highest BCUT2D eigenvalue weighted by atomic mass is 16.4. The molecule has 0 aromatic rings. The number of carbonyl (C=O) groups excluding carboxylic acids is 1. The first-order chi connectivity index (χ1) is 9.18. The molecule has 0 spiro atoms.